The number of H-pyrrole nitrogens is 1. The molecule has 20 heavy (non-hydrogen) atoms. The smallest absolute Gasteiger partial charge is 0.244 e. The number of carbonyl (C=O) groups is 1. The van der Waals surface area contributed by atoms with Crippen molar-refractivity contribution in [2.45, 2.75) is 6.04 Å². The molecule has 0 bridgehead atoms. The lowest BCUT2D eigenvalue weighted by Gasteiger charge is -2.20. The second kappa shape index (κ2) is 5.66. The van der Waals surface area contributed by atoms with Gasteiger partial charge in [0.25, 0.3) is 0 Å². The maximum Gasteiger partial charge on any atom is 0.244 e. The number of benzene rings is 1. The maximum atomic E-state index is 12.2. The Hall–Kier alpha value is -2.48. The maximum absolute atomic E-state index is 12.2. The van der Waals surface area contributed by atoms with E-state index in [0.29, 0.717) is 12.4 Å². The number of nitrogens with zero attached hydrogens (tertiary/aromatic N) is 4. The van der Waals surface area contributed by atoms with E-state index in [1.54, 1.807) is 4.90 Å². The number of hydrogen-bond acceptors (Lipinski definition) is 6. The third kappa shape index (κ3) is 2.59. The molecule has 1 amide bonds. The topological polar surface area (TPSA) is 96.0 Å². The standard InChI is InChI=1S/C12H14N6O2/c19-11(6-13-9-4-2-1-3-5-9)18-8-20-7-10(18)12-14-16-17-15-12/h1-5,10,13H,6-8H2,(H,14,15,16,17). The molecule has 3 rings (SSSR count). The zero-order chi connectivity index (χ0) is 13.8. The van der Waals surface area contributed by atoms with Gasteiger partial charge in [0.2, 0.25) is 5.91 Å². The van der Waals surface area contributed by atoms with Gasteiger partial charge in [-0.15, -0.1) is 10.2 Å². The van der Waals surface area contributed by atoms with Crippen LogP contribution in [0.3, 0.4) is 0 Å². The van der Waals surface area contributed by atoms with Gasteiger partial charge < -0.3 is 15.0 Å². The van der Waals surface area contributed by atoms with Crippen LogP contribution in [-0.4, -0.2) is 51.3 Å². The van der Waals surface area contributed by atoms with Crippen molar-refractivity contribution in [2.24, 2.45) is 0 Å². The summed E-state index contributed by atoms with van der Waals surface area (Å²) in [5.74, 6) is 0.400. The number of hydrogen-bond donors (Lipinski definition) is 2. The minimum absolute atomic E-state index is 0.0684. The fourth-order valence-electron chi connectivity index (χ4n) is 2.05. The summed E-state index contributed by atoms with van der Waals surface area (Å²) in [6.07, 6.45) is 0. The van der Waals surface area contributed by atoms with Gasteiger partial charge in [-0.25, -0.2) is 0 Å². The highest BCUT2D eigenvalue weighted by molar-refractivity contribution is 5.81. The van der Waals surface area contributed by atoms with E-state index in [1.807, 2.05) is 30.3 Å². The lowest BCUT2D eigenvalue weighted by atomic mass is 10.2. The zero-order valence-corrected chi connectivity index (χ0v) is 10.7. The van der Waals surface area contributed by atoms with Crippen LogP contribution in [0.25, 0.3) is 0 Å². The second-order valence-electron chi connectivity index (χ2n) is 4.37. The van der Waals surface area contributed by atoms with Crippen molar-refractivity contribution in [1.82, 2.24) is 25.5 Å². The van der Waals surface area contributed by atoms with Gasteiger partial charge in [0.1, 0.15) is 12.8 Å². The molecule has 0 aliphatic carbocycles. The van der Waals surface area contributed by atoms with Gasteiger partial charge >= 0.3 is 0 Å². The minimum Gasteiger partial charge on any atom is -0.376 e. The normalized spacial score (nSPS) is 18.2. The monoisotopic (exact) mass is 274 g/mol. The van der Waals surface area contributed by atoms with E-state index in [0.717, 1.165) is 5.69 Å². The second-order valence-corrected chi connectivity index (χ2v) is 4.37. The highest BCUT2D eigenvalue weighted by Gasteiger charge is 2.33. The van der Waals surface area contributed by atoms with E-state index in [1.165, 1.54) is 0 Å². The number of nitrogens with one attached hydrogen (secondary N) is 2. The van der Waals surface area contributed by atoms with Crippen LogP contribution in [-0.2, 0) is 9.53 Å². The Balaban J connectivity index is 1.62. The first-order chi connectivity index (χ1) is 9.84. The lowest BCUT2D eigenvalue weighted by molar-refractivity contribution is -0.131. The van der Waals surface area contributed by atoms with Gasteiger partial charge in [-0.1, -0.05) is 23.4 Å². The molecule has 8 heteroatoms. The molecule has 2 heterocycles. The van der Waals surface area contributed by atoms with E-state index in [9.17, 15) is 4.79 Å². The minimum atomic E-state index is -0.279. The Labute approximate surface area is 115 Å². The molecule has 0 spiro atoms. The summed E-state index contributed by atoms with van der Waals surface area (Å²) in [5.41, 5.74) is 0.900. The van der Waals surface area contributed by atoms with Crippen molar-refractivity contribution in [3.63, 3.8) is 0 Å². The molecule has 1 atom stereocenters. The van der Waals surface area contributed by atoms with Crippen molar-refractivity contribution in [2.75, 3.05) is 25.2 Å². The van der Waals surface area contributed by atoms with Crippen molar-refractivity contribution in [3.05, 3.63) is 36.2 Å². The van der Waals surface area contributed by atoms with E-state index in [4.69, 9.17) is 4.74 Å². The average molecular weight is 274 g/mol. The fraction of sp³-hybridized carbons (Fsp3) is 0.333. The summed E-state index contributed by atoms with van der Waals surface area (Å²) in [4.78, 5) is 13.8. The lowest BCUT2D eigenvalue weighted by Crippen LogP contribution is -2.36. The first-order valence-electron chi connectivity index (χ1n) is 6.24. The average Bonchev–Trinajstić information content (AvgIpc) is 3.15. The molecule has 104 valence electrons. The highest BCUT2D eigenvalue weighted by atomic mass is 16.5. The Bertz CT molecular complexity index is 559. The quantitative estimate of drug-likeness (QED) is 0.825. The Morgan fingerprint density at radius 1 is 1.45 bits per heavy atom. The molecule has 0 saturated carbocycles. The third-order valence-electron chi connectivity index (χ3n) is 3.08. The molecular formula is C12H14N6O2. The van der Waals surface area contributed by atoms with Crippen molar-refractivity contribution in [1.29, 1.82) is 0 Å². The summed E-state index contributed by atoms with van der Waals surface area (Å²) in [6, 6.07) is 9.28. The van der Waals surface area contributed by atoms with E-state index < -0.39 is 0 Å². The van der Waals surface area contributed by atoms with Crippen LogP contribution in [0.4, 0.5) is 5.69 Å². The number of amides is 1. The highest BCUT2D eigenvalue weighted by Crippen LogP contribution is 2.22. The van der Waals surface area contributed by atoms with Gasteiger partial charge in [-0.2, -0.15) is 5.21 Å². The molecule has 1 aliphatic rings. The molecule has 1 saturated heterocycles. The van der Waals surface area contributed by atoms with Crippen LogP contribution in [0.5, 0.6) is 0 Å². The molecule has 0 radical (unpaired) electrons. The molecule has 1 unspecified atom stereocenters. The predicted octanol–water partition coefficient (Wildman–Crippen LogP) is 0.169. The number of aromatic nitrogens is 4. The van der Waals surface area contributed by atoms with Gasteiger partial charge in [0.15, 0.2) is 5.82 Å². The number of carbonyl (C=O) groups excluding carboxylic acids is 1. The number of ether oxygens (including phenoxy) is 1. The molecule has 1 aromatic heterocycles. The first kappa shape index (κ1) is 12.5. The van der Waals surface area contributed by atoms with Crippen LogP contribution in [0.2, 0.25) is 0 Å². The van der Waals surface area contributed by atoms with Crippen molar-refractivity contribution in [3.8, 4) is 0 Å². The summed E-state index contributed by atoms with van der Waals surface area (Å²) in [5, 5.41) is 16.8. The van der Waals surface area contributed by atoms with Crippen molar-refractivity contribution >= 4 is 11.6 Å². The van der Waals surface area contributed by atoms with E-state index >= 15 is 0 Å². The van der Waals surface area contributed by atoms with E-state index in [-0.39, 0.29) is 25.2 Å². The SMILES string of the molecule is O=C(CNc1ccccc1)N1COCC1c1nn[nH]n1. The van der Waals surface area contributed by atoms with E-state index in [2.05, 4.69) is 25.9 Å². The zero-order valence-electron chi connectivity index (χ0n) is 10.7. The summed E-state index contributed by atoms with van der Waals surface area (Å²) < 4.78 is 5.32. The summed E-state index contributed by atoms with van der Waals surface area (Å²) in [7, 11) is 0. The molecule has 1 fully saturated rings. The van der Waals surface area contributed by atoms with Gasteiger partial charge in [0, 0.05) is 5.69 Å². The fourth-order valence-corrected chi connectivity index (χ4v) is 2.05. The Morgan fingerprint density at radius 2 is 2.30 bits per heavy atom. The molecular weight excluding hydrogens is 260 g/mol. The molecule has 1 aliphatic heterocycles. The van der Waals surface area contributed by atoms with Crippen molar-refractivity contribution < 1.29 is 9.53 Å². The van der Waals surface area contributed by atoms with Crippen LogP contribution >= 0.6 is 0 Å². The molecule has 8 nitrogen and oxygen atoms in total. The van der Waals surface area contributed by atoms with Gasteiger partial charge in [0.05, 0.1) is 13.2 Å². The Morgan fingerprint density at radius 3 is 3.05 bits per heavy atom. The number of para-hydroxylation sites is 1. The van der Waals surface area contributed by atoms with Crippen LogP contribution in [0.15, 0.2) is 30.3 Å². The third-order valence-corrected chi connectivity index (χ3v) is 3.08. The molecule has 2 N–H and O–H groups in total. The predicted molar refractivity (Wildman–Crippen MR) is 69.5 cm³/mol. The van der Waals surface area contributed by atoms with Gasteiger partial charge in [-0.3, -0.25) is 4.79 Å². The van der Waals surface area contributed by atoms with Crippen LogP contribution in [0, 0.1) is 0 Å². The summed E-state index contributed by atoms with van der Waals surface area (Å²) in [6.45, 7) is 0.826. The first-order valence-corrected chi connectivity index (χ1v) is 6.24. The molecule has 1 aromatic carbocycles. The summed E-state index contributed by atoms with van der Waals surface area (Å²) >= 11 is 0. The van der Waals surface area contributed by atoms with Crippen LogP contribution < -0.4 is 5.32 Å². The number of rotatable bonds is 4. The number of aromatic amines is 1. The van der Waals surface area contributed by atoms with Gasteiger partial charge in [-0.05, 0) is 12.1 Å². The largest absolute Gasteiger partial charge is 0.376 e. The molecule has 2 aromatic rings. The number of anilines is 1. The van der Waals surface area contributed by atoms with Crippen LogP contribution in [0.1, 0.15) is 11.9 Å². The Kier molecular flexibility index (Phi) is 3.55. The number of tetrazole rings is 1.